The summed E-state index contributed by atoms with van der Waals surface area (Å²) in [6, 6.07) is 19.4. The van der Waals surface area contributed by atoms with Gasteiger partial charge in [0, 0.05) is 19.5 Å². The zero-order valence-corrected chi connectivity index (χ0v) is 24.0. The topological polar surface area (TPSA) is 95.9 Å². The Labute approximate surface area is 244 Å². The number of carbonyl (C=O) groups is 3. The average molecular weight is 561 g/mol. The Morgan fingerprint density at radius 3 is 2.10 bits per heavy atom. The average Bonchev–Trinajstić information content (AvgIpc) is 3.44. The number of rotatable bonds is 17. The van der Waals surface area contributed by atoms with Crippen molar-refractivity contribution < 1.29 is 24.2 Å². The van der Waals surface area contributed by atoms with Crippen LogP contribution in [0.3, 0.4) is 0 Å². The number of carbonyl (C=O) groups excluding carboxylic acids is 3. The number of aliphatic hydroxyl groups is 1. The van der Waals surface area contributed by atoms with Crippen molar-refractivity contribution in [3.63, 3.8) is 0 Å². The molecule has 3 rings (SSSR count). The number of ether oxygens (including phenoxy) is 1. The molecule has 0 aromatic heterocycles. The van der Waals surface area contributed by atoms with Gasteiger partial charge in [0.15, 0.2) is 0 Å². The molecule has 2 atom stereocenters. The van der Waals surface area contributed by atoms with Gasteiger partial charge >= 0.3 is 5.97 Å². The Bertz CT molecular complexity index is 1130. The fourth-order valence-corrected chi connectivity index (χ4v) is 5.45. The van der Waals surface area contributed by atoms with Crippen molar-refractivity contribution >= 4 is 17.8 Å². The summed E-state index contributed by atoms with van der Waals surface area (Å²) in [5.74, 6) is -1.71. The second kappa shape index (κ2) is 16.5. The lowest BCUT2D eigenvalue weighted by Gasteiger charge is -2.32. The molecule has 2 aromatic carbocycles. The Morgan fingerprint density at radius 1 is 0.927 bits per heavy atom. The summed E-state index contributed by atoms with van der Waals surface area (Å²) >= 11 is 0. The fourth-order valence-electron chi connectivity index (χ4n) is 5.45. The summed E-state index contributed by atoms with van der Waals surface area (Å²) in [6.45, 7) is 8.08. The van der Waals surface area contributed by atoms with Crippen LogP contribution in [-0.4, -0.2) is 53.1 Å². The van der Waals surface area contributed by atoms with Gasteiger partial charge in [-0.15, -0.1) is 13.2 Å². The lowest BCUT2D eigenvalue weighted by Crippen LogP contribution is -2.52. The van der Waals surface area contributed by atoms with Crippen LogP contribution in [0.5, 0.6) is 0 Å². The van der Waals surface area contributed by atoms with E-state index >= 15 is 0 Å². The summed E-state index contributed by atoms with van der Waals surface area (Å²) in [4.78, 5) is 41.5. The smallest absolute Gasteiger partial charge is 0.309 e. The number of amides is 2. The molecule has 0 heterocycles. The molecular formula is C34H44N2O5. The van der Waals surface area contributed by atoms with Crippen molar-refractivity contribution in [1.82, 2.24) is 10.2 Å². The second-order valence-electron chi connectivity index (χ2n) is 10.9. The van der Waals surface area contributed by atoms with E-state index in [0.29, 0.717) is 38.6 Å². The van der Waals surface area contributed by atoms with Gasteiger partial charge in [-0.25, -0.2) is 0 Å². The summed E-state index contributed by atoms with van der Waals surface area (Å²) in [7, 11) is 0. The van der Waals surface area contributed by atoms with Crippen LogP contribution in [0.15, 0.2) is 86.0 Å². The Morgan fingerprint density at radius 2 is 1.51 bits per heavy atom. The molecule has 0 saturated heterocycles. The number of hydrogen-bond acceptors (Lipinski definition) is 5. The van der Waals surface area contributed by atoms with E-state index < -0.39 is 11.5 Å². The molecule has 0 unspecified atom stereocenters. The third-order valence-corrected chi connectivity index (χ3v) is 7.73. The third kappa shape index (κ3) is 10.0. The SMILES string of the molecule is C=CC[C@@H](CC(=O)N(CCO)Cc1ccccc1)C(=O)NC1(COC(=O)[C@@H](CC=C)Cc2ccccc2)CCCC1. The Kier molecular flexibility index (Phi) is 12.8. The van der Waals surface area contributed by atoms with Gasteiger partial charge in [-0.3, -0.25) is 14.4 Å². The molecule has 220 valence electrons. The monoisotopic (exact) mass is 560 g/mol. The number of nitrogens with zero attached hydrogens (tertiary/aromatic N) is 1. The van der Waals surface area contributed by atoms with E-state index in [0.717, 1.165) is 24.0 Å². The number of hydrogen-bond donors (Lipinski definition) is 2. The van der Waals surface area contributed by atoms with E-state index in [1.54, 1.807) is 17.1 Å². The van der Waals surface area contributed by atoms with E-state index in [2.05, 4.69) is 18.5 Å². The molecule has 0 aliphatic heterocycles. The molecule has 1 aliphatic rings. The zero-order chi connectivity index (χ0) is 29.5. The number of nitrogens with one attached hydrogen (secondary N) is 1. The molecule has 0 spiro atoms. The summed E-state index contributed by atoms with van der Waals surface area (Å²) in [6.07, 6.45) is 8.03. The number of aliphatic hydroxyl groups excluding tert-OH is 1. The molecule has 0 bridgehead atoms. The fraction of sp³-hybridized carbons (Fsp3) is 0.441. The van der Waals surface area contributed by atoms with Gasteiger partial charge in [0.1, 0.15) is 6.61 Å². The Hall–Kier alpha value is -3.71. The third-order valence-electron chi connectivity index (χ3n) is 7.73. The van der Waals surface area contributed by atoms with E-state index in [1.165, 1.54) is 0 Å². The molecule has 0 radical (unpaired) electrons. The maximum Gasteiger partial charge on any atom is 0.309 e. The highest BCUT2D eigenvalue weighted by atomic mass is 16.5. The molecule has 1 saturated carbocycles. The van der Waals surface area contributed by atoms with Crippen LogP contribution < -0.4 is 5.32 Å². The van der Waals surface area contributed by atoms with Crippen molar-refractivity contribution in [2.24, 2.45) is 11.8 Å². The van der Waals surface area contributed by atoms with Crippen LogP contribution in [-0.2, 0) is 32.1 Å². The van der Waals surface area contributed by atoms with Crippen LogP contribution in [0.1, 0.15) is 56.1 Å². The van der Waals surface area contributed by atoms with Crippen molar-refractivity contribution in [3.05, 3.63) is 97.1 Å². The summed E-state index contributed by atoms with van der Waals surface area (Å²) in [5.41, 5.74) is 1.35. The predicted molar refractivity (Wildman–Crippen MR) is 161 cm³/mol. The number of allylic oxidation sites excluding steroid dienone is 2. The minimum atomic E-state index is -0.657. The quantitative estimate of drug-likeness (QED) is 0.210. The van der Waals surface area contributed by atoms with E-state index in [4.69, 9.17) is 4.74 Å². The van der Waals surface area contributed by atoms with Gasteiger partial charge in [-0.1, -0.05) is 85.7 Å². The van der Waals surface area contributed by atoms with Crippen LogP contribution >= 0.6 is 0 Å². The first-order chi connectivity index (χ1) is 19.9. The lowest BCUT2D eigenvalue weighted by molar-refractivity contribution is -0.152. The number of esters is 1. The highest BCUT2D eigenvalue weighted by molar-refractivity contribution is 5.86. The highest BCUT2D eigenvalue weighted by Crippen LogP contribution is 2.31. The zero-order valence-electron chi connectivity index (χ0n) is 24.0. The molecular weight excluding hydrogens is 516 g/mol. The minimum Gasteiger partial charge on any atom is -0.463 e. The van der Waals surface area contributed by atoms with Gasteiger partial charge in [-0.2, -0.15) is 0 Å². The maximum atomic E-state index is 13.6. The molecule has 41 heavy (non-hydrogen) atoms. The van der Waals surface area contributed by atoms with E-state index in [-0.39, 0.29) is 49.9 Å². The van der Waals surface area contributed by atoms with Crippen molar-refractivity contribution in [2.45, 2.75) is 63.5 Å². The Balaban J connectivity index is 1.64. The van der Waals surface area contributed by atoms with E-state index in [1.807, 2.05) is 60.7 Å². The van der Waals surface area contributed by atoms with Crippen molar-refractivity contribution in [3.8, 4) is 0 Å². The van der Waals surface area contributed by atoms with Crippen LogP contribution in [0.2, 0.25) is 0 Å². The van der Waals surface area contributed by atoms with Gasteiger partial charge in [0.05, 0.1) is 24.0 Å². The highest BCUT2D eigenvalue weighted by Gasteiger charge is 2.39. The lowest BCUT2D eigenvalue weighted by atomic mass is 9.93. The first kappa shape index (κ1) is 31.8. The largest absolute Gasteiger partial charge is 0.463 e. The first-order valence-electron chi connectivity index (χ1n) is 14.6. The molecule has 2 N–H and O–H groups in total. The molecule has 1 fully saturated rings. The van der Waals surface area contributed by atoms with Gasteiger partial charge in [0.25, 0.3) is 0 Å². The van der Waals surface area contributed by atoms with Gasteiger partial charge in [0.2, 0.25) is 11.8 Å². The molecule has 7 nitrogen and oxygen atoms in total. The standard InChI is InChI=1S/C34H44N2O5/c1-3-13-29(24-31(38)36(21-22-37)25-28-17-9-6-10-18-28)32(39)35-34(19-11-12-20-34)26-41-33(40)30(14-4-2)23-27-15-7-5-8-16-27/h3-10,15-18,29-30,37H,1-2,11-14,19-26H2,(H,35,39)/t29-,30-/m0/s1. The van der Waals surface area contributed by atoms with Crippen LogP contribution in [0.4, 0.5) is 0 Å². The van der Waals surface area contributed by atoms with Crippen molar-refractivity contribution in [2.75, 3.05) is 19.8 Å². The van der Waals surface area contributed by atoms with Gasteiger partial charge in [-0.05, 0) is 43.2 Å². The summed E-state index contributed by atoms with van der Waals surface area (Å²) < 4.78 is 5.85. The molecule has 2 amide bonds. The first-order valence-corrected chi connectivity index (χ1v) is 14.6. The van der Waals surface area contributed by atoms with E-state index in [9.17, 15) is 19.5 Å². The predicted octanol–water partition coefficient (Wildman–Crippen LogP) is 5.00. The van der Waals surface area contributed by atoms with Crippen molar-refractivity contribution in [1.29, 1.82) is 0 Å². The number of benzene rings is 2. The maximum absolute atomic E-state index is 13.6. The normalized spacial score (nSPS) is 15.3. The second-order valence-corrected chi connectivity index (χ2v) is 10.9. The minimum absolute atomic E-state index is 0.000953. The molecule has 1 aliphatic carbocycles. The molecule has 7 heteroatoms. The summed E-state index contributed by atoms with van der Waals surface area (Å²) in [5, 5.41) is 12.7. The van der Waals surface area contributed by atoms with Crippen LogP contribution in [0.25, 0.3) is 0 Å². The molecule has 2 aromatic rings. The van der Waals surface area contributed by atoms with Crippen LogP contribution in [0, 0.1) is 11.8 Å². The van der Waals surface area contributed by atoms with Gasteiger partial charge < -0.3 is 20.1 Å².